The van der Waals surface area contributed by atoms with E-state index >= 15 is 0 Å². The Morgan fingerprint density at radius 3 is 2.80 bits per heavy atom. The Morgan fingerprint density at radius 2 is 2.20 bits per heavy atom. The molecular formula is C11H13N3S. The van der Waals surface area contributed by atoms with E-state index in [0.29, 0.717) is 0 Å². The lowest BCUT2D eigenvalue weighted by atomic mass is 10.1. The van der Waals surface area contributed by atoms with Crippen molar-refractivity contribution in [2.75, 3.05) is 12.0 Å². The van der Waals surface area contributed by atoms with Crippen molar-refractivity contribution in [1.82, 2.24) is 9.55 Å². The van der Waals surface area contributed by atoms with Crippen LogP contribution in [0.2, 0.25) is 0 Å². The standard InChI is InChI=1S/C11H13N3S/c1-14-7-13-6-10(14)8-3-4-9(12)11(5-8)15-2/h3-7H,12H2,1-2H3. The summed E-state index contributed by atoms with van der Waals surface area (Å²) in [6.45, 7) is 0. The molecule has 0 bridgehead atoms. The first-order valence-electron chi connectivity index (χ1n) is 4.62. The van der Waals surface area contributed by atoms with Crippen molar-refractivity contribution in [1.29, 1.82) is 0 Å². The molecule has 1 aromatic heterocycles. The maximum absolute atomic E-state index is 5.85. The van der Waals surface area contributed by atoms with Gasteiger partial charge in [-0.1, -0.05) is 6.07 Å². The lowest BCUT2D eigenvalue weighted by Gasteiger charge is -2.06. The number of aromatic nitrogens is 2. The first-order valence-corrected chi connectivity index (χ1v) is 5.85. The van der Waals surface area contributed by atoms with E-state index in [2.05, 4.69) is 11.1 Å². The SMILES string of the molecule is CSc1cc(-c2cncn2C)ccc1N. The molecule has 0 saturated carbocycles. The van der Waals surface area contributed by atoms with Crippen LogP contribution in [0, 0.1) is 0 Å². The first-order chi connectivity index (χ1) is 7.22. The second kappa shape index (κ2) is 3.98. The second-order valence-corrected chi connectivity index (χ2v) is 4.19. The molecular weight excluding hydrogens is 206 g/mol. The zero-order valence-electron chi connectivity index (χ0n) is 8.77. The zero-order valence-corrected chi connectivity index (χ0v) is 9.58. The predicted octanol–water partition coefficient (Wildman–Crippen LogP) is 2.39. The van der Waals surface area contributed by atoms with Gasteiger partial charge in [0.1, 0.15) is 0 Å². The van der Waals surface area contributed by atoms with Crippen LogP contribution in [0.15, 0.2) is 35.6 Å². The Hall–Kier alpha value is -1.42. The van der Waals surface area contributed by atoms with Crippen LogP contribution < -0.4 is 5.73 Å². The highest BCUT2D eigenvalue weighted by Crippen LogP contribution is 2.28. The van der Waals surface area contributed by atoms with Gasteiger partial charge in [0, 0.05) is 23.2 Å². The number of anilines is 1. The number of rotatable bonds is 2. The normalized spacial score (nSPS) is 10.5. The zero-order chi connectivity index (χ0) is 10.8. The third kappa shape index (κ3) is 1.85. The third-order valence-electron chi connectivity index (χ3n) is 2.35. The van der Waals surface area contributed by atoms with Crippen molar-refractivity contribution >= 4 is 17.4 Å². The van der Waals surface area contributed by atoms with Gasteiger partial charge in [-0.15, -0.1) is 11.8 Å². The van der Waals surface area contributed by atoms with Gasteiger partial charge < -0.3 is 10.3 Å². The monoisotopic (exact) mass is 219 g/mol. The molecule has 0 aliphatic carbocycles. The van der Waals surface area contributed by atoms with Crippen LogP contribution in [-0.4, -0.2) is 15.8 Å². The number of imidazole rings is 1. The molecule has 0 aliphatic rings. The Kier molecular flexibility index (Phi) is 2.68. The van der Waals surface area contributed by atoms with Crippen molar-refractivity contribution in [2.45, 2.75) is 4.90 Å². The molecule has 0 atom stereocenters. The van der Waals surface area contributed by atoms with Crippen molar-refractivity contribution in [2.24, 2.45) is 7.05 Å². The van der Waals surface area contributed by atoms with E-state index in [4.69, 9.17) is 5.73 Å². The van der Waals surface area contributed by atoms with E-state index in [0.717, 1.165) is 21.8 Å². The quantitative estimate of drug-likeness (QED) is 0.623. The van der Waals surface area contributed by atoms with Gasteiger partial charge in [-0.2, -0.15) is 0 Å². The molecule has 1 heterocycles. The van der Waals surface area contributed by atoms with Crippen LogP contribution in [0.25, 0.3) is 11.3 Å². The van der Waals surface area contributed by atoms with E-state index in [-0.39, 0.29) is 0 Å². The minimum absolute atomic E-state index is 0.827. The fourth-order valence-electron chi connectivity index (χ4n) is 1.51. The van der Waals surface area contributed by atoms with Crippen LogP contribution in [0.1, 0.15) is 0 Å². The van der Waals surface area contributed by atoms with Crippen molar-refractivity contribution in [3.8, 4) is 11.3 Å². The van der Waals surface area contributed by atoms with E-state index in [1.807, 2.05) is 36.2 Å². The molecule has 3 nitrogen and oxygen atoms in total. The molecule has 0 amide bonds. The summed E-state index contributed by atoms with van der Waals surface area (Å²) in [5.41, 5.74) is 8.92. The van der Waals surface area contributed by atoms with Gasteiger partial charge in [0.05, 0.1) is 18.2 Å². The van der Waals surface area contributed by atoms with E-state index in [1.54, 1.807) is 18.1 Å². The molecule has 4 heteroatoms. The average molecular weight is 219 g/mol. The second-order valence-electron chi connectivity index (χ2n) is 3.35. The molecule has 0 unspecified atom stereocenters. The molecule has 0 aliphatic heterocycles. The number of hydrogen-bond donors (Lipinski definition) is 1. The summed E-state index contributed by atoms with van der Waals surface area (Å²) >= 11 is 1.66. The fourth-order valence-corrected chi connectivity index (χ4v) is 2.05. The van der Waals surface area contributed by atoms with Crippen molar-refractivity contribution in [3.63, 3.8) is 0 Å². The highest BCUT2D eigenvalue weighted by Gasteiger charge is 2.05. The first kappa shape index (κ1) is 10.1. The van der Waals surface area contributed by atoms with Crippen molar-refractivity contribution in [3.05, 3.63) is 30.7 Å². The Bertz CT molecular complexity index is 476. The van der Waals surface area contributed by atoms with Crippen LogP contribution in [-0.2, 0) is 7.05 Å². The van der Waals surface area contributed by atoms with Gasteiger partial charge in [0.15, 0.2) is 0 Å². The van der Waals surface area contributed by atoms with E-state index in [1.165, 1.54) is 0 Å². The molecule has 2 aromatic rings. The van der Waals surface area contributed by atoms with Gasteiger partial charge in [0.2, 0.25) is 0 Å². The summed E-state index contributed by atoms with van der Waals surface area (Å²) in [5, 5.41) is 0. The number of benzene rings is 1. The molecule has 0 fully saturated rings. The molecule has 0 radical (unpaired) electrons. The molecule has 78 valence electrons. The number of aryl methyl sites for hydroxylation is 1. The van der Waals surface area contributed by atoms with Crippen LogP contribution >= 0.6 is 11.8 Å². The maximum Gasteiger partial charge on any atom is 0.0948 e. The smallest absolute Gasteiger partial charge is 0.0948 e. The molecule has 15 heavy (non-hydrogen) atoms. The van der Waals surface area contributed by atoms with Gasteiger partial charge in [-0.05, 0) is 18.4 Å². The summed E-state index contributed by atoms with van der Waals surface area (Å²) in [7, 11) is 1.98. The maximum atomic E-state index is 5.85. The largest absolute Gasteiger partial charge is 0.398 e. The topological polar surface area (TPSA) is 43.8 Å². The predicted molar refractivity (Wildman–Crippen MR) is 64.8 cm³/mol. The molecule has 0 spiro atoms. The summed E-state index contributed by atoms with van der Waals surface area (Å²) in [5.74, 6) is 0. The minimum atomic E-state index is 0.827. The summed E-state index contributed by atoms with van der Waals surface area (Å²) < 4.78 is 2.00. The van der Waals surface area contributed by atoms with Crippen LogP contribution in [0.5, 0.6) is 0 Å². The Morgan fingerprint density at radius 1 is 1.40 bits per heavy atom. The lowest BCUT2D eigenvalue weighted by molar-refractivity contribution is 0.921. The molecule has 2 rings (SSSR count). The molecule has 2 N–H and O–H groups in total. The number of nitrogen functional groups attached to an aromatic ring is 1. The number of hydrogen-bond acceptors (Lipinski definition) is 3. The van der Waals surface area contributed by atoms with Crippen molar-refractivity contribution < 1.29 is 0 Å². The summed E-state index contributed by atoms with van der Waals surface area (Å²) in [4.78, 5) is 5.21. The van der Waals surface area contributed by atoms with Crippen LogP contribution in [0.3, 0.4) is 0 Å². The lowest BCUT2D eigenvalue weighted by Crippen LogP contribution is -1.92. The highest BCUT2D eigenvalue weighted by molar-refractivity contribution is 7.98. The molecule has 1 aromatic carbocycles. The highest BCUT2D eigenvalue weighted by atomic mass is 32.2. The fraction of sp³-hybridized carbons (Fsp3) is 0.182. The van der Waals surface area contributed by atoms with Gasteiger partial charge >= 0.3 is 0 Å². The van der Waals surface area contributed by atoms with Gasteiger partial charge in [-0.25, -0.2) is 4.98 Å². The van der Waals surface area contributed by atoms with E-state index in [9.17, 15) is 0 Å². The number of thioether (sulfide) groups is 1. The summed E-state index contributed by atoms with van der Waals surface area (Å²) in [6.07, 6.45) is 5.68. The minimum Gasteiger partial charge on any atom is -0.398 e. The number of nitrogens with zero attached hydrogens (tertiary/aromatic N) is 2. The third-order valence-corrected chi connectivity index (χ3v) is 3.14. The van der Waals surface area contributed by atoms with E-state index < -0.39 is 0 Å². The molecule has 0 saturated heterocycles. The Labute approximate surface area is 93.3 Å². The van der Waals surface area contributed by atoms with Gasteiger partial charge in [0.25, 0.3) is 0 Å². The summed E-state index contributed by atoms with van der Waals surface area (Å²) in [6, 6.07) is 6.05. The number of nitrogens with two attached hydrogens (primary N) is 1. The van der Waals surface area contributed by atoms with Crippen LogP contribution in [0.4, 0.5) is 5.69 Å². The average Bonchev–Trinajstić information content (AvgIpc) is 2.65. The Balaban J connectivity index is 2.51. The van der Waals surface area contributed by atoms with Gasteiger partial charge in [-0.3, -0.25) is 0 Å².